The van der Waals surface area contributed by atoms with Crippen molar-refractivity contribution in [3.05, 3.63) is 53.1 Å². The summed E-state index contributed by atoms with van der Waals surface area (Å²) < 4.78 is 4.70. The van der Waals surface area contributed by atoms with E-state index in [-0.39, 0.29) is 11.7 Å². The van der Waals surface area contributed by atoms with Gasteiger partial charge in [-0.2, -0.15) is 0 Å². The smallest absolute Gasteiger partial charge is 0.337 e. The molecule has 0 bridgehead atoms. The Hall–Kier alpha value is -2.29. The quantitative estimate of drug-likeness (QED) is 0.837. The van der Waals surface area contributed by atoms with Gasteiger partial charge in [0, 0.05) is 0 Å². The van der Waals surface area contributed by atoms with Gasteiger partial charge < -0.3 is 9.84 Å². The summed E-state index contributed by atoms with van der Waals surface area (Å²) in [6.45, 7) is 3.81. The summed E-state index contributed by atoms with van der Waals surface area (Å²) in [5, 5.41) is 9.76. The van der Waals surface area contributed by atoms with Crippen molar-refractivity contribution in [3.63, 3.8) is 0 Å². The maximum atomic E-state index is 11.5. The zero-order chi connectivity index (χ0) is 14.0. The van der Waals surface area contributed by atoms with Crippen LogP contribution in [0.5, 0.6) is 5.75 Å². The van der Waals surface area contributed by atoms with Crippen LogP contribution in [0, 0.1) is 13.8 Å². The molecule has 19 heavy (non-hydrogen) atoms. The molecule has 0 saturated carbocycles. The summed E-state index contributed by atoms with van der Waals surface area (Å²) in [5.74, 6) is -0.0729. The molecule has 0 aliphatic carbocycles. The molecule has 2 aromatic rings. The number of esters is 1. The van der Waals surface area contributed by atoms with Gasteiger partial charge in [0.2, 0.25) is 0 Å². The van der Waals surface area contributed by atoms with E-state index in [4.69, 9.17) is 4.74 Å². The molecule has 0 spiro atoms. The van der Waals surface area contributed by atoms with Gasteiger partial charge in [-0.3, -0.25) is 0 Å². The number of aromatic hydroxyl groups is 1. The average molecular weight is 256 g/mol. The summed E-state index contributed by atoms with van der Waals surface area (Å²) in [6, 6.07) is 10.8. The molecule has 0 aromatic heterocycles. The van der Waals surface area contributed by atoms with Crippen molar-refractivity contribution in [3.8, 4) is 16.9 Å². The number of hydrogen-bond donors (Lipinski definition) is 1. The lowest BCUT2D eigenvalue weighted by molar-refractivity contribution is 0.0600. The molecule has 0 fully saturated rings. The first-order chi connectivity index (χ1) is 9.04. The fourth-order valence-corrected chi connectivity index (χ4v) is 2.13. The predicted molar refractivity (Wildman–Crippen MR) is 74.4 cm³/mol. The molecule has 0 amide bonds. The lowest BCUT2D eigenvalue weighted by atomic mass is 9.95. The number of aryl methyl sites for hydroxylation is 1. The number of methoxy groups -OCH3 is 1. The monoisotopic (exact) mass is 256 g/mol. The molecule has 0 heterocycles. The second kappa shape index (κ2) is 5.14. The van der Waals surface area contributed by atoms with Crippen molar-refractivity contribution >= 4 is 5.97 Å². The first-order valence-electron chi connectivity index (χ1n) is 6.02. The van der Waals surface area contributed by atoms with Crippen LogP contribution in [0.4, 0.5) is 0 Å². The van der Waals surface area contributed by atoms with Crippen molar-refractivity contribution in [1.29, 1.82) is 0 Å². The third-order valence-electron chi connectivity index (χ3n) is 3.24. The van der Waals surface area contributed by atoms with Crippen LogP contribution in [0.15, 0.2) is 36.4 Å². The molecule has 0 unspecified atom stereocenters. The molecule has 0 aliphatic heterocycles. The minimum absolute atomic E-state index is 0.272. The number of phenolic OH excluding ortho intramolecular Hbond substituents is 1. The number of carbonyl (C=O) groups is 1. The highest BCUT2D eigenvalue weighted by Gasteiger charge is 2.11. The van der Waals surface area contributed by atoms with Crippen LogP contribution in [0.2, 0.25) is 0 Å². The van der Waals surface area contributed by atoms with Crippen LogP contribution in [0.1, 0.15) is 21.5 Å². The Balaban J connectivity index is 2.52. The lowest BCUT2D eigenvalue weighted by Crippen LogP contribution is -2.01. The molecule has 3 nitrogen and oxygen atoms in total. The van der Waals surface area contributed by atoms with E-state index in [1.165, 1.54) is 7.11 Å². The van der Waals surface area contributed by atoms with Crippen molar-refractivity contribution in [2.75, 3.05) is 7.11 Å². The molecule has 0 aliphatic rings. The number of ether oxygens (including phenoxy) is 1. The normalized spacial score (nSPS) is 10.3. The van der Waals surface area contributed by atoms with E-state index in [9.17, 15) is 9.90 Å². The molecule has 98 valence electrons. The number of phenols is 1. The highest BCUT2D eigenvalue weighted by atomic mass is 16.5. The molecule has 2 rings (SSSR count). The molecule has 1 N–H and O–H groups in total. The van der Waals surface area contributed by atoms with Gasteiger partial charge in [-0.1, -0.05) is 18.2 Å². The van der Waals surface area contributed by atoms with Gasteiger partial charge in [0.25, 0.3) is 0 Å². The Morgan fingerprint density at radius 1 is 1.11 bits per heavy atom. The largest absolute Gasteiger partial charge is 0.508 e. The Kier molecular flexibility index (Phi) is 3.56. The first-order valence-corrected chi connectivity index (χ1v) is 6.02. The highest BCUT2D eigenvalue weighted by Crippen LogP contribution is 2.31. The SMILES string of the molecule is COC(=O)c1ccc(-c2cccc(O)c2C)c(C)c1. The second-order valence-corrected chi connectivity index (χ2v) is 4.47. The van der Waals surface area contributed by atoms with Crippen LogP contribution in [-0.2, 0) is 4.74 Å². The van der Waals surface area contributed by atoms with Crippen LogP contribution < -0.4 is 0 Å². The number of carbonyl (C=O) groups excluding carboxylic acids is 1. The standard InChI is InChI=1S/C16H16O3/c1-10-9-12(16(18)19-3)7-8-13(10)14-5-4-6-15(17)11(14)2/h4-9,17H,1-3H3. The minimum Gasteiger partial charge on any atom is -0.508 e. The maximum absolute atomic E-state index is 11.5. The Morgan fingerprint density at radius 2 is 1.84 bits per heavy atom. The Labute approximate surface area is 112 Å². The summed E-state index contributed by atoms with van der Waals surface area (Å²) in [4.78, 5) is 11.5. The Morgan fingerprint density at radius 3 is 2.47 bits per heavy atom. The molecule has 0 saturated heterocycles. The molecule has 3 heteroatoms. The van der Waals surface area contributed by atoms with Gasteiger partial charge in [-0.15, -0.1) is 0 Å². The van der Waals surface area contributed by atoms with Crippen molar-refractivity contribution in [2.45, 2.75) is 13.8 Å². The van der Waals surface area contributed by atoms with Crippen molar-refractivity contribution in [2.24, 2.45) is 0 Å². The molecule has 0 radical (unpaired) electrons. The number of hydrogen-bond acceptors (Lipinski definition) is 3. The van der Waals surface area contributed by atoms with E-state index in [1.807, 2.05) is 32.0 Å². The van der Waals surface area contributed by atoms with E-state index < -0.39 is 0 Å². The fourth-order valence-electron chi connectivity index (χ4n) is 2.13. The van der Waals surface area contributed by atoms with Crippen LogP contribution in [0.25, 0.3) is 11.1 Å². The third kappa shape index (κ3) is 2.45. The molecular formula is C16H16O3. The van der Waals surface area contributed by atoms with E-state index in [0.717, 1.165) is 22.3 Å². The average Bonchev–Trinajstić information content (AvgIpc) is 2.41. The van der Waals surface area contributed by atoms with Gasteiger partial charge >= 0.3 is 5.97 Å². The molecule has 2 aromatic carbocycles. The van der Waals surface area contributed by atoms with Crippen LogP contribution in [-0.4, -0.2) is 18.2 Å². The predicted octanol–water partition coefficient (Wildman–Crippen LogP) is 3.46. The fraction of sp³-hybridized carbons (Fsp3) is 0.188. The van der Waals surface area contributed by atoms with E-state index in [1.54, 1.807) is 18.2 Å². The summed E-state index contributed by atoms with van der Waals surface area (Å²) in [7, 11) is 1.37. The van der Waals surface area contributed by atoms with E-state index >= 15 is 0 Å². The van der Waals surface area contributed by atoms with Crippen LogP contribution in [0.3, 0.4) is 0 Å². The van der Waals surface area contributed by atoms with Gasteiger partial charge in [0.15, 0.2) is 0 Å². The molecular weight excluding hydrogens is 240 g/mol. The zero-order valence-corrected chi connectivity index (χ0v) is 11.2. The van der Waals surface area contributed by atoms with Crippen LogP contribution >= 0.6 is 0 Å². The lowest BCUT2D eigenvalue weighted by Gasteiger charge is -2.11. The zero-order valence-electron chi connectivity index (χ0n) is 11.2. The van der Waals surface area contributed by atoms with E-state index in [0.29, 0.717) is 5.56 Å². The van der Waals surface area contributed by atoms with Crippen molar-refractivity contribution < 1.29 is 14.6 Å². The first kappa shape index (κ1) is 13.1. The molecule has 0 atom stereocenters. The number of benzene rings is 2. The summed E-state index contributed by atoms with van der Waals surface area (Å²) in [6.07, 6.45) is 0. The summed E-state index contributed by atoms with van der Waals surface area (Å²) in [5.41, 5.74) is 4.30. The Bertz CT molecular complexity index is 630. The van der Waals surface area contributed by atoms with Crippen molar-refractivity contribution in [1.82, 2.24) is 0 Å². The topological polar surface area (TPSA) is 46.5 Å². The number of rotatable bonds is 2. The maximum Gasteiger partial charge on any atom is 0.337 e. The van der Waals surface area contributed by atoms with Gasteiger partial charge in [-0.25, -0.2) is 4.79 Å². The van der Waals surface area contributed by atoms with E-state index in [2.05, 4.69) is 0 Å². The highest BCUT2D eigenvalue weighted by molar-refractivity contribution is 5.90. The van der Waals surface area contributed by atoms with Gasteiger partial charge in [-0.05, 0) is 54.3 Å². The summed E-state index contributed by atoms with van der Waals surface area (Å²) >= 11 is 0. The minimum atomic E-state index is -0.345. The van der Waals surface area contributed by atoms with Gasteiger partial charge in [0.1, 0.15) is 5.75 Å². The van der Waals surface area contributed by atoms with Gasteiger partial charge in [0.05, 0.1) is 12.7 Å². The second-order valence-electron chi connectivity index (χ2n) is 4.47. The third-order valence-corrected chi connectivity index (χ3v) is 3.24.